The van der Waals surface area contributed by atoms with Gasteiger partial charge in [-0.15, -0.1) is 0 Å². The second-order valence-electron chi connectivity index (χ2n) is 3.33. The fourth-order valence-corrected chi connectivity index (χ4v) is 1.97. The van der Waals surface area contributed by atoms with E-state index in [9.17, 15) is 5.11 Å². The molecule has 1 unspecified atom stereocenters. The molecule has 0 fully saturated rings. The second-order valence-corrected chi connectivity index (χ2v) is 4.91. The van der Waals surface area contributed by atoms with Crippen LogP contribution in [0.5, 0.6) is 5.75 Å². The van der Waals surface area contributed by atoms with Crippen molar-refractivity contribution in [2.24, 2.45) is 0 Å². The first-order valence-electron chi connectivity index (χ1n) is 4.73. The van der Waals surface area contributed by atoms with Gasteiger partial charge in [0.1, 0.15) is 17.6 Å². The summed E-state index contributed by atoms with van der Waals surface area (Å²) in [6, 6.07) is 3.41. The smallest absolute Gasteiger partial charge is 0.183 e. The van der Waals surface area contributed by atoms with E-state index in [1.54, 1.807) is 31.6 Å². The van der Waals surface area contributed by atoms with Crippen molar-refractivity contribution in [3.8, 4) is 5.75 Å². The van der Waals surface area contributed by atoms with Gasteiger partial charge in [0.15, 0.2) is 4.67 Å². The number of aliphatic hydroxyl groups is 1. The molecule has 0 saturated carbocycles. The molecule has 1 atom stereocenters. The molecule has 4 nitrogen and oxygen atoms in total. The average molecular weight is 363 g/mol. The predicted octanol–water partition coefficient (Wildman–Crippen LogP) is 3.29. The summed E-state index contributed by atoms with van der Waals surface area (Å²) in [6.45, 7) is 0. The monoisotopic (exact) mass is 361 g/mol. The van der Waals surface area contributed by atoms with Crippen LogP contribution in [0.15, 0.2) is 38.1 Å². The van der Waals surface area contributed by atoms with Crippen molar-refractivity contribution < 1.29 is 14.3 Å². The molecule has 0 aliphatic rings. The quantitative estimate of drug-likeness (QED) is 0.910. The molecule has 0 bridgehead atoms. The molecule has 2 aromatic rings. The number of pyridine rings is 1. The maximum absolute atomic E-state index is 10.1. The minimum Gasteiger partial charge on any atom is -0.495 e. The van der Waals surface area contributed by atoms with Crippen LogP contribution in [0.2, 0.25) is 0 Å². The first kappa shape index (κ1) is 12.6. The van der Waals surface area contributed by atoms with Gasteiger partial charge in [-0.05, 0) is 44.0 Å². The highest BCUT2D eigenvalue weighted by Crippen LogP contribution is 2.32. The number of aliphatic hydroxyl groups excluding tert-OH is 1. The standard InChI is InChI=1S/C11H9Br2NO3/c1-16-7-2-6(4-14-5-7)10(15)9-3-8(12)11(13)17-9/h2-5,10,15H,1H3. The fraction of sp³-hybridized carbons (Fsp3) is 0.182. The van der Waals surface area contributed by atoms with E-state index in [-0.39, 0.29) is 0 Å². The van der Waals surface area contributed by atoms with Gasteiger partial charge in [-0.3, -0.25) is 4.98 Å². The van der Waals surface area contributed by atoms with Crippen LogP contribution < -0.4 is 4.74 Å². The molecule has 2 heterocycles. The third-order valence-corrected chi connectivity index (χ3v) is 3.93. The molecule has 0 radical (unpaired) electrons. The van der Waals surface area contributed by atoms with E-state index in [2.05, 4.69) is 36.8 Å². The van der Waals surface area contributed by atoms with Crippen molar-refractivity contribution in [2.45, 2.75) is 6.10 Å². The van der Waals surface area contributed by atoms with Gasteiger partial charge < -0.3 is 14.3 Å². The van der Waals surface area contributed by atoms with E-state index in [1.165, 1.54) is 0 Å². The van der Waals surface area contributed by atoms with E-state index in [0.29, 0.717) is 21.7 Å². The Bertz CT molecular complexity index is 508. The van der Waals surface area contributed by atoms with Crippen LogP contribution in [0.1, 0.15) is 17.4 Å². The number of furan rings is 1. The molecule has 0 amide bonds. The summed E-state index contributed by atoms with van der Waals surface area (Å²) in [5.41, 5.74) is 0.609. The van der Waals surface area contributed by atoms with Gasteiger partial charge in [-0.1, -0.05) is 0 Å². The molecule has 0 spiro atoms. The Morgan fingerprint density at radius 3 is 2.71 bits per heavy atom. The highest BCUT2D eigenvalue weighted by atomic mass is 79.9. The van der Waals surface area contributed by atoms with Gasteiger partial charge in [0.25, 0.3) is 0 Å². The zero-order chi connectivity index (χ0) is 12.4. The number of rotatable bonds is 3. The van der Waals surface area contributed by atoms with Crippen LogP contribution in [0, 0.1) is 0 Å². The Morgan fingerprint density at radius 2 is 2.12 bits per heavy atom. The average Bonchev–Trinajstić information content (AvgIpc) is 2.69. The van der Waals surface area contributed by atoms with E-state index in [0.717, 1.165) is 4.47 Å². The number of hydrogen-bond donors (Lipinski definition) is 1. The number of nitrogens with zero attached hydrogens (tertiary/aromatic N) is 1. The van der Waals surface area contributed by atoms with Crippen molar-refractivity contribution in [1.82, 2.24) is 4.98 Å². The molecule has 6 heteroatoms. The summed E-state index contributed by atoms with van der Waals surface area (Å²) in [4.78, 5) is 3.98. The topological polar surface area (TPSA) is 55.5 Å². The Hall–Kier alpha value is -0.850. The summed E-state index contributed by atoms with van der Waals surface area (Å²) in [6.07, 6.45) is 2.27. The van der Waals surface area contributed by atoms with Crippen molar-refractivity contribution in [3.05, 3.63) is 45.0 Å². The van der Waals surface area contributed by atoms with Gasteiger partial charge in [0.2, 0.25) is 0 Å². The molecule has 2 rings (SSSR count). The zero-order valence-electron chi connectivity index (χ0n) is 8.85. The molecule has 2 aromatic heterocycles. The van der Waals surface area contributed by atoms with Crippen molar-refractivity contribution in [3.63, 3.8) is 0 Å². The minimum atomic E-state index is -0.875. The maximum Gasteiger partial charge on any atom is 0.183 e. The molecule has 90 valence electrons. The Morgan fingerprint density at radius 1 is 1.35 bits per heavy atom. The lowest BCUT2D eigenvalue weighted by molar-refractivity contribution is 0.187. The lowest BCUT2D eigenvalue weighted by atomic mass is 10.1. The number of methoxy groups -OCH3 is 1. The van der Waals surface area contributed by atoms with Gasteiger partial charge in [-0.2, -0.15) is 0 Å². The maximum atomic E-state index is 10.1. The fourth-order valence-electron chi connectivity index (χ4n) is 1.36. The third-order valence-electron chi connectivity index (χ3n) is 2.22. The normalized spacial score (nSPS) is 12.5. The lowest BCUT2D eigenvalue weighted by Crippen LogP contribution is -1.99. The Kier molecular flexibility index (Phi) is 3.86. The molecule has 0 aliphatic heterocycles. The molecular weight excluding hydrogens is 354 g/mol. The molecular formula is C11H9Br2NO3. The van der Waals surface area contributed by atoms with E-state index in [4.69, 9.17) is 9.15 Å². The molecule has 1 N–H and O–H groups in total. The molecule has 17 heavy (non-hydrogen) atoms. The summed E-state index contributed by atoms with van der Waals surface area (Å²) < 4.78 is 11.7. The van der Waals surface area contributed by atoms with Crippen LogP contribution in [0.3, 0.4) is 0 Å². The van der Waals surface area contributed by atoms with Gasteiger partial charge in [0, 0.05) is 11.8 Å². The van der Waals surface area contributed by atoms with Crippen LogP contribution >= 0.6 is 31.9 Å². The van der Waals surface area contributed by atoms with Crippen LogP contribution in [-0.4, -0.2) is 17.2 Å². The SMILES string of the molecule is COc1cncc(C(O)c2cc(Br)c(Br)o2)c1. The predicted molar refractivity (Wildman–Crippen MR) is 69.0 cm³/mol. The third kappa shape index (κ3) is 2.70. The van der Waals surface area contributed by atoms with Crippen LogP contribution in [0.25, 0.3) is 0 Å². The summed E-state index contributed by atoms with van der Waals surface area (Å²) >= 11 is 6.51. The molecule has 0 saturated heterocycles. The minimum absolute atomic E-state index is 0.429. The van der Waals surface area contributed by atoms with Crippen molar-refractivity contribution in [2.75, 3.05) is 7.11 Å². The van der Waals surface area contributed by atoms with E-state index < -0.39 is 6.10 Å². The summed E-state index contributed by atoms with van der Waals surface area (Å²) in [5.74, 6) is 1.02. The Labute approximate surface area is 115 Å². The van der Waals surface area contributed by atoms with Crippen LogP contribution in [-0.2, 0) is 0 Å². The van der Waals surface area contributed by atoms with Gasteiger partial charge in [0.05, 0.1) is 17.8 Å². The Balaban J connectivity index is 2.32. The molecule has 0 aliphatic carbocycles. The molecule has 0 aromatic carbocycles. The number of halogens is 2. The van der Waals surface area contributed by atoms with Crippen molar-refractivity contribution >= 4 is 31.9 Å². The first-order valence-corrected chi connectivity index (χ1v) is 6.32. The van der Waals surface area contributed by atoms with Crippen LogP contribution in [0.4, 0.5) is 0 Å². The number of aromatic nitrogens is 1. The highest BCUT2D eigenvalue weighted by Gasteiger charge is 2.17. The van der Waals surface area contributed by atoms with E-state index >= 15 is 0 Å². The van der Waals surface area contributed by atoms with Gasteiger partial charge >= 0.3 is 0 Å². The van der Waals surface area contributed by atoms with Gasteiger partial charge in [-0.25, -0.2) is 0 Å². The highest BCUT2D eigenvalue weighted by molar-refractivity contribution is 9.13. The number of hydrogen-bond acceptors (Lipinski definition) is 4. The lowest BCUT2D eigenvalue weighted by Gasteiger charge is -2.08. The summed E-state index contributed by atoms with van der Waals surface area (Å²) in [5, 5.41) is 10.1. The summed E-state index contributed by atoms with van der Waals surface area (Å²) in [7, 11) is 1.55. The van der Waals surface area contributed by atoms with E-state index in [1.807, 2.05) is 0 Å². The zero-order valence-corrected chi connectivity index (χ0v) is 12.0. The van der Waals surface area contributed by atoms with Crippen molar-refractivity contribution in [1.29, 1.82) is 0 Å². The number of ether oxygens (including phenoxy) is 1. The largest absolute Gasteiger partial charge is 0.495 e. The first-order chi connectivity index (χ1) is 8.11. The second kappa shape index (κ2) is 5.20.